The predicted octanol–water partition coefficient (Wildman–Crippen LogP) is 4.96. The number of benzene rings is 1. The third kappa shape index (κ3) is 4.53. The summed E-state index contributed by atoms with van der Waals surface area (Å²) < 4.78 is 6.31. The van der Waals surface area contributed by atoms with Crippen molar-refractivity contribution >= 4 is 14.2 Å². The highest BCUT2D eigenvalue weighted by atomic mass is 28.4. The van der Waals surface area contributed by atoms with Gasteiger partial charge in [0.2, 0.25) is 5.91 Å². The molecule has 1 aromatic rings. The van der Waals surface area contributed by atoms with Crippen molar-refractivity contribution in [3.63, 3.8) is 0 Å². The van der Waals surface area contributed by atoms with Crippen molar-refractivity contribution in [1.29, 1.82) is 0 Å². The van der Waals surface area contributed by atoms with Crippen LogP contribution in [0.5, 0.6) is 0 Å². The molecule has 1 aromatic carbocycles. The molecular formula is C25H41NO3Si. The second-order valence-corrected chi connectivity index (χ2v) is 16.1. The molecular weight excluding hydrogens is 390 g/mol. The lowest BCUT2D eigenvalue weighted by atomic mass is 9.82. The summed E-state index contributed by atoms with van der Waals surface area (Å²) in [6.45, 7) is 17.5. The summed E-state index contributed by atoms with van der Waals surface area (Å²) in [6.07, 6.45) is 2.68. The van der Waals surface area contributed by atoms with E-state index in [0.29, 0.717) is 12.5 Å². The maximum atomic E-state index is 12.4. The number of carbonyl (C=O) groups excluding carboxylic acids is 1. The summed E-state index contributed by atoms with van der Waals surface area (Å²) >= 11 is 0. The fraction of sp³-hybridized carbons (Fsp3) is 0.720. The minimum Gasteiger partial charge on any atom is -0.416 e. The first kappa shape index (κ1) is 23.5. The lowest BCUT2D eigenvalue weighted by Crippen LogP contribution is -2.41. The number of rotatable bonds is 6. The Morgan fingerprint density at radius 3 is 2.43 bits per heavy atom. The van der Waals surface area contributed by atoms with Gasteiger partial charge in [-0.1, -0.05) is 58.9 Å². The molecule has 0 radical (unpaired) electrons. The Labute approximate surface area is 184 Å². The van der Waals surface area contributed by atoms with Gasteiger partial charge in [0.15, 0.2) is 8.32 Å². The molecule has 1 saturated heterocycles. The highest BCUT2D eigenvalue weighted by molar-refractivity contribution is 6.74. The normalized spacial score (nSPS) is 27.0. The molecule has 3 unspecified atom stereocenters. The van der Waals surface area contributed by atoms with E-state index in [1.54, 1.807) is 0 Å². The number of amides is 1. The van der Waals surface area contributed by atoms with Crippen LogP contribution in [0.1, 0.15) is 58.6 Å². The third-order valence-electron chi connectivity index (χ3n) is 7.87. The maximum Gasteiger partial charge on any atom is 0.225 e. The van der Waals surface area contributed by atoms with E-state index >= 15 is 0 Å². The van der Waals surface area contributed by atoms with E-state index in [2.05, 4.69) is 58.1 Å². The van der Waals surface area contributed by atoms with Crippen molar-refractivity contribution in [1.82, 2.24) is 4.90 Å². The first-order valence-corrected chi connectivity index (χ1v) is 14.5. The van der Waals surface area contributed by atoms with Crippen molar-refractivity contribution in [2.24, 2.45) is 17.8 Å². The standard InChI is InChI=1S/C25H41NO3Si/c1-18(2)23(27)26-16-20-12-14-25(28,22(20)17-26)21-10-8-19(9-11-21)13-15-29-30(6,7)24(3,4)5/h8-11,18,20,22,28H,12-17H2,1-7H3. The average Bonchev–Trinajstić information content (AvgIpc) is 3.22. The van der Waals surface area contributed by atoms with Crippen molar-refractivity contribution < 1.29 is 14.3 Å². The van der Waals surface area contributed by atoms with Crippen LogP contribution >= 0.6 is 0 Å². The molecule has 30 heavy (non-hydrogen) atoms. The fourth-order valence-corrected chi connectivity index (χ4v) is 5.85. The van der Waals surface area contributed by atoms with Gasteiger partial charge in [0.05, 0.1) is 5.60 Å². The minimum absolute atomic E-state index is 0.0183. The van der Waals surface area contributed by atoms with E-state index < -0.39 is 13.9 Å². The van der Waals surface area contributed by atoms with Crippen LogP contribution in [-0.4, -0.2) is 43.9 Å². The van der Waals surface area contributed by atoms with Crippen molar-refractivity contribution in [3.8, 4) is 0 Å². The molecule has 0 bridgehead atoms. The highest BCUT2D eigenvalue weighted by Gasteiger charge is 2.53. The number of carbonyl (C=O) groups is 1. The van der Waals surface area contributed by atoms with Gasteiger partial charge in [-0.2, -0.15) is 0 Å². The Hall–Kier alpha value is -1.17. The molecule has 1 amide bonds. The van der Waals surface area contributed by atoms with Crippen LogP contribution in [0.4, 0.5) is 0 Å². The van der Waals surface area contributed by atoms with Gasteiger partial charge in [0.25, 0.3) is 0 Å². The molecule has 3 atom stereocenters. The molecule has 3 rings (SSSR count). The summed E-state index contributed by atoms with van der Waals surface area (Å²) in [5.74, 6) is 0.789. The van der Waals surface area contributed by atoms with E-state index in [1.807, 2.05) is 18.7 Å². The lowest BCUT2D eigenvalue weighted by molar-refractivity contribution is -0.134. The summed E-state index contributed by atoms with van der Waals surface area (Å²) in [4.78, 5) is 14.4. The Balaban J connectivity index is 1.63. The zero-order valence-electron chi connectivity index (χ0n) is 20.0. The molecule has 0 spiro atoms. The molecule has 5 heteroatoms. The van der Waals surface area contributed by atoms with Gasteiger partial charge in [0.1, 0.15) is 0 Å². The molecule has 168 valence electrons. The van der Waals surface area contributed by atoms with Gasteiger partial charge in [0, 0.05) is 31.5 Å². The molecule has 1 N–H and O–H groups in total. The Morgan fingerprint density at radius 1 is 1.23 bits per heavy atom. The number of fused-ring (bicyclic) bond motifs is 1. The fourth-order valence-electron chi connectivity index (χ4n) is 4.80. The smallest absolute Gasteiger partial charge is 0.225 e. The van der Waals surface area contributed by atoms with Gasteiger partial charge >= 0.3 is 0 Å². The van der Waals surface area contributed by atoms with E-state index in [0.717, 1.165) is 38.0 Å². The molecule has 4 nitrogen and oxygen atoms in total. The first-order chi connectivity index (χ1) is 13.8. The average molecular weight is 432 g/mol. The van der Waals surface area contributed by atoms with Crippen molar-refractivity contribution in [2.45, 2.75) is 77.6 Å². The van der Waals surface area contributed by atoms with Crippen LogP contribution in [0.25, 0.3) is 0 Å². The van der Waals surface area contributed by atoms with Crippen LogP contribution in [0.2, 0.25) is 18.1 Å². The van der Waals surface area contributed by atoms with Gasteiger partial charge < -0.3 is 14.4 Å². The second-order valence-electron chi connectivity index (χ2n) is 11.3. The van der Waals surface area contributed by atoms with E-state index in [-0.39, 0.29) is 22.8 Å². The molecule has 1 saturated carbocycles. The number of nitrogens with zero attached hydrogens (tertiary/aromatic N) is 1. The summed E-state index contributed by atoms with van der Waals surface area (Å²) in [6, 6.07) is 8.47. The van der Waals surface area contributed by atoms with E-state index in [9.17, 15) is 9.90 Å². The highest BCUT2D eigenvalue weighted by Crippen LogP contribution is 2.50. The van der Waals surface area contributed by atoms with Crippen LogP contribution in [0.3, 0.4) is 0 Å². The quantitative estimate of drug-likeness (QED) is 0.648. The Bertz CT molecular complexity index is 753. The van der Waals surface area contributed by atoms with E-state index in [1.165, 1.54) is 5.56 Å². The van der Waals surface area contributed by atoms with Crippen LogP contribution in [-0.2, 0) is 21.2 Å². The second kappa shape index (κ2) is 8.40. The minimum atomic E-state index is -1.71. The SMILES string of the molecule is CC(C)C(=O)N1CC2CCC(O)(c3ccc(CCO[Si](C)(C)C(C)(C)C)cc3)C2C1. The van der Waals surface area contributed by atoms with Gasteiger partial charge in [-0.25, -0.2) is 0 Å². The Morgan fingerprint density at radius 2 is 1.87 bits per heavy atom. The molecule has 1 aliphatic carbocycles. The molecule has 0 aromatic heterocycles. The van der Waals surface area contributed by atoms with Crippen LogP contribution in [0, 0.1) is 17.8 Å². The predicted molar refractivity (Wildman–Crippen MR) is 125 cm³/mol. The largest absolute Gasteiger partial charge is 0.416 e. The lowest BCUT2D eigenvalue weighted by Gasteiger charge is -2.36. The molecule has 1 aliphatic heterocycles. The zero-order valence-corrected chi connectivity index (χ0v) is 21.0. The molecule has 2 fully saturated rings. The summed E-state index contributed by atoms with van der Waals surface area (Å²) in [5, 5.41) is 11.8. The maximum absolute atomic E-state index is 12.4. The number of aliphatic hydroxyl groups is 1. The number of likely N-dealkylation sites (tertiary alicyclic amines) is 1. The molecule has 2 aliphatic rings. The van der Waals surface area contributed by atoms with Crippen molar-refractivity contribution in [2.75, 3.05) is 19.7 Å². The summed E-state index contributed by atoms with van der Waals surface area (Å²) in [5.41, 5.74) is 1.44. The van der Waals surface area contributed by atoms with Crippen LogP contribution < -0.4 is 0 Å². The third-order valence-corrected chi connectivity index (χ3v) is 12.4. The van der Waals surface area contributed by atoms with Gasteiger partial charge in [-0.3, -0.25) is 4.79 Å². The monoisotopic (exact) mass is 431 g/mol. The van der Waals surface area contributed by atoms with Gasteiger partial charge in [-0.15, -0.1) is 0 Å². The van der Waals surface area contributed by atoms with Gasteiger partial charge in [-0.05, 0) is 54.4 Å². The van der Waals surface area contributed by atoms with Crippen LogP contribution in [0.15, 0.2) is 24.3 Å². The topological polar surface area (TPSA) is 49.8 Å². The first-order valence-electron chi connectivity index (χ1n) is 11.6. The number of hydrogen-bond donors (Lipinski definition) is 1. The van der Waals surface area contributed by atoms with Crippen molar-refractivity contribution in [3.05, 3.63) is 35.4 Å². The Kier molecular flexibility index (Phi) is 6.58. The zero-order chi connectivity index (χ0) is 22.3. The van der Waals surface area contributed by atoms with E-state index in [4.69, 9.17) is 4.43 Å². The number of hydrogen-bond acceptors (Lipinski definition) is 3. The summed E-state index contributed by atoms with van der Waals surface area (Å²) in [7, 11) is -1.71. The molecule has 1 heterocycles.